The van der Waals surface area contributed by atoms with Gasteiger partial charge in [-0.05, 0) is 37.5 Å². The molecular weight excluding hydrogens is 354 g/mol. The van der Waals surface area contributed by atoms with Gasteiger partial charge in [0.25, 0.3) is 5.91 Å². The molecule has 0 saturated carbocycles. The Hall–Kier alpha value is -3.28. The predicted molar refractivity (Wildman–Crippen MR) is 106 cm³/mol. The normalized spacial score (nSPS) is 12.5. The van der Waals surface area contributed by atoms with Crippen LogP contribution in [0.4, 0.5) is 0 Å². The van der Waals surface area contributed by atoms with Crippen molar-refractivity contribution in [2.75, 3.05) is 14.2 Å². The maximum absolute atomic E-state index is 12.9. The fraction of sp³-hybridized carbons (Fsp3) is 0.273. The van der Waals surface area contributed by atoms with Crippen LogP contribution in [-0.2, 0) is 19.4 Å². The van der Waals surface area contributed by atoms with Gasteiger partial charge in [0, 0.05) is 23.4 Å². The van der Waals surface area contributed by atoms with E-state index in [4.69, 9.17) is 9.47 Å². The Morgan fingerprint density at radius 1 is 1.07 bits per heavy atom. The number of carbonyl (C=O) groups is 1. The summed E-state index contributed by atoms with van der Waals surface area (Å²) in [5.74, 6) is 1.10. The summed E-state index contributed by atoms with van der Waals surface area (Å²) < 4.78 is 12.7. The van der Waals surface area contributed by atoms with E-state index in [1.807, 2.05) is 53.2 Å². The van der Waals surface area contributed by atoms with Gasteiger partial charge >= 0.3 is 0 Å². The van der Waals surface area contributed by atoms with Crippen LogP contribution in [0.5, 0.6) is 11.5 Å². The lowest BCUT2D eigenvalue weighted by atomic mass is 10.1. The third kappa shape index (κ3) is 3.22. The molecule has 3 aromatic rings. The van der Waals surface area contributed by atoms with Gasteiger partial charge in [0.2, 0.25) is 0 Å². The van der Waals surface area contributed by atoms with E-state index in [0.29, 0.717) is 23.7 Å². The first-order valence-corrected chi connectivity index (χ1v) is 9.37. The molecule has 1 heterocycles. The molecule has 1 aliphatic rings. The van der Waals surface area contributed by atoms with E-state index in [-0.39, 0.29) is 5.91 Å². The van der Waals surface area contributed by atoms with E-state index in [1.165, 1.54) is 0 Å². The monoisotopic (exact) mass is 377 g/mol. The number of carbonyl (C=O) groups excluding carboxylic acids is 1. The molecule has 0 bridgehead atoms. The molecule has 6 nitrogen and oxygen atoms in total. The zero-order valence-corrected chi connectivity index (χ0v) is 16.1. The SMILES string of the molecule is COc1cccc(CNC(=O)c2nn(-c3ccccc3)c3c2CCC3)c1OC. The lowest BCUT2D eigenvalue weighted by Crippen LogP contribution is -2.24. The summed E-state index contributed by atoms with van der Waals surface area (Å²) in [7, 11) is 3.19. The molecule has 0 atom stereocenters. The first-order chi connectivity index (χ1) is 13.7. The number of hydrogen-bond acceptors (Lipinski definition) is 4. The minimum atomic E-state index is -0.169. The van der Waals surface area contributed by atoms with Crippen molar-refractivity contribution in [2.24, 2.45) is 0 Å². The Morgan fingerprint density at radius 2 is 1.89 bits per heavy atom. The second kappa shape index (κ2) is 7.76. The predicted octanol–water partition coefficient (Wildman–Crippen LogP) is 3.31. The minimum absolute atomic E-state index is 0.169. The molecule has 0 radical (unpaired) electrons. The highest BCUT2D eigenvalue weighted by atomic mass is 16.5. The molecule has 6 heteroatoms. The van der Waals surface area contributed by atoms with Gasteiger partial charge in [-0.25, -0.2) is 4.68 Å². The summed E-state index contributed by atoms with van der Waals surface area (Å²) in [6.45, 7) is 0.339. The van der Waals surface area contributed by atoms with E-state index < -0.39 is 0 Å². The molecule has 28 heavy (non-hydrogen) atoms. The number of hydrogen-bond donors (Lipinski definition) is 1. The van der Waals surface area contributed by atoms with Gasteiger partial charge in [-0.2, -0.15) is 5.10 Å². The van der Waals surface area contributed by atoms with Crippen molar-refractivity contribution in [3.63, 3.8) is 0 Å². The Balaban J connectivity index is 1.59. The molecule has 1 aromatic heterocycles. The highest BCUT2D eigenvalue weighted by Gasteiger charge is 2.27. The molecule has 144 valence electrons. The van der Waals surface area contributed by atoms with Crippen molar-refractivity contribution in [1.29, 1.82) is 0 Å². The Kier molecular flexibility index (Phi) is 5.02. The number of amides is 1. The van der Waals surface area contributed by atoms with Crippen molar-refractivity contribution in [1.82, 2.24) is 15.1 Å². The number of nitrogens with one attached hydrogen (secondary N) is 1. The third-order valence-electron chi connectivity index (χ3n) is 5.07. The van der Waals surface area contributed by atoms with Gasteiger partial charge in [0.05, 0.1) is 19.9 Å². The van der Waals surface area contributed by atoms with Gasteiger partial charge in [-0.3, -0.25) is 4.79 Å². The summed E-state index contributed by atoms with van der Waals surface area (Å²) in [6.07, 6.45) is 2.87. The van der Waals surface area contributed by atoms with Crippen LogP contribution in [0.2, 0.25) is 0 Å². The lowest BCUT2D eigenvalue weighted by Gasteiger charge is -2.13. The Labute approximate surface area is 164 Å². The van der Waals surface area contributed by atoms with Gasteiger partial charge in [-0.1, -0.05) is 30.3 Å². The van der Waals surface area contributed by atoms with Crippen molar-refractivity contribution < 1.29 is 14.3 Å². The molecule has 0 spiro atoms. The molecule has 4 rings (SSSR count). The van der Waals surface area contributed by atoms with E-state index in [0.717, 1.165) is 41.8 Å². The molecule has 0 fully saturated rings. The van der Waals surface area contributed by atoms with Crippen molar-refractivity contribution in [3.05, 3.63) is 71.0 Å². The average Bonchev–Trinajstić information content (AvgIpc) is 3.35. The van der Waals surface area contributed by atoms with Gasteiger partial charge in [-0.15, -0.1) is 0 Å². The number of methoxy groups -OCH3 is 2. The van der Waals surface area contributed by atoms with Gasteiger partial charge < -0.3 is 14.8 Å². The quantitative estimate of drug-likeness (QED) is 0.716. The standard InChI is InChI=1S/C22H23N3O3/c1-27-19-13-6-8-15(21(19)28-2)14-23-22(26)20-17-11-7-12-18(17)25(24-20)16-9-4-3-5-10-16/h3-6,8-10,13H,7,11-12,14H2,1-2H3,(H,23,26). The first-order valence-electron chi connectivity index (χ1n) is 9.37. The second-order valence-electron chi connectivity index (χ2n) is 6.71. The number of rotatable bonds is 6. The fourth-order valence-electron chi connectivity index (χ4n) is 3.75. The Morgan fingerprint density at radius 3 is 2.64 bits per heavy atom. The number of aromatic nitrogens is 2. The molecular formula is C22H23N3O3. The highest BCUT2D eigenvalue weighted by molar-refractivity contribution is 5.94. The van der Waals surface area contributed by atoms with Gasteiger partial charge in [0.15, 0.2) is 17.2 Å². The summed E-state index contributed by atoms with van der Waals surface area (Å²) in [4.78, 5) is 12.9. The number of nitrogens with zero attached hydrogens (tertiary/aromatic N) is 2. The Bertz CT molecular complexity index is 996. The van der Waals surface area contributed by atoms with E-state index in [2.05, 4.69) is 10.4 Å². The maximum Gasteiger partial charge on any atom is 0.272 e. The van der Waals surface area contributed by atoms with Crippen LogP contribution >= 0.6 is 0 Å². The third-order valence-corrected chi connectivity index (χ3v) is 5.07. The highest BCUT2D eigenvalue weighted by Crippen LogP contribution is 2.31. The van der Waals surface area contributed by atoms with Crippen molar-refractivity contribution in [3.8, 4) is 17.2 Å². The average molecular weight is 377 g/mol. The summed E-state index contributed by atoms with van der Waals surface area (Å²) >= 11 is 0. The van der Waals surface area contributed by atoms with Crippen LogP contribution in [-0.4, -0.2) is 29.9 Å². The molecule has 1 N–H and O–H groups in total. The largest absolute Gasteiger partial charge is 0.493 e. The minimum Gasteiger partial charge on any atom is -0.493 e. The van der Waals surface area contributed by atoms with Gasteiger partial charge in [0.1, 0.15) is 0 Å². The summed E-state index contributed by atoms with van der Waals surface area (Å²) in [6, 6.07) is 15.6. The molecule has 0 aliphatic heterocycles. The fourth-order valence-corrected chi connectivity index (χ4v) is 3.75. The molecule has 1 aliphatic carbocycles. The second-order valence-corrected chi connectivity index (χ2v) is 6.71. The molecule has 0 saturated heterocycles. The first kappa shape index (κ1) is 18.1. The number of ether oxygens (including phenoxy) is 2. The molecule has 1 amide bonds. The maximum atomic E-state index is 12.9. The molecule has 0 unspecified atom stereocenters. The summed E-state index contributed by atoms with van der Waals surface area (Å²) in [5, 5.41) is 7.62. The van der Waals surface area contributed by atoms with Crippen molar-refractivity contribution in [2.45, 2.75) is 25.8 Å². The van der Waals surface area contributed by atoms with Crippen LogP contribution in [0, 0.1) is 0 Å². The lowest BCUT2D eigenvalue weighted by molar-refractivity contribution is 0.0944. The van der Waals surface area contributed by atoms with E-state index in [9.17, 15) is 4.79 Å². The van der Waals surface area contributed by atoms with Crippen LogP contribution in [0.3, 0.4) is 0 Å². The smallest absolute Gasteiger partial charge is 0.272 e. The summed E-state index contributed by atoms with van der Waals surface area (Å²) in [5.41, 5.74) is 4.54. The zero-order valence-electron chi connectivity index (χ0n) is 16.1. The van der Waals surface area contributed by atoms with Crippen LogP contribution < -0.4 is 14.8 Å². The van der Waals surface area contributed by atoms with Crippen LogP contribution in [0.15, 0.2) is 48.5 Å². The number of para-hydroxylation sites is 2. The zero-order chi connectivity index (χ0) is 19.5. The molecule has 2 aromatic carbocycles. The van der Waals surface area contributed by atoms with Crippen molar-refractivity contribution >= 4 is 5.91 Å². The van der Waals surface area contributed by atoms with E-state index in [1.54, 1.807) is 14.2 Å². The van der Waals surface area contributed by atoms with Crippen LogP contribution in [0.25, 0.3) is 5.69 Å². The topological polar surface area (TPSA) is 65.4 Å². The van der Waals surface area contributed by atoms with E-state index >= 15 is 0 Å². The number of benzene rings is 2. The number of fused-ring (bicyclic) bond motifs is 1. The van der Waals surface area contributed by atoms with Crippen LogP contribution in [0.1, 0.15) is 33.7 Å².